The molecular weight excluding hydrogens is 360 g/mol. The average Bonchev–Trinajstić information content (AvgIpc) is 2.73. The number of hydrogen-bond acceptors (Lipinski definition) is 9. The first-order valence-corrected chi connectivity index (χ1v) is 10.1. The summed E-state index contributed by atoms with van der Waals surface area (Å²) >= 11 is 0. The van der Waals surface area contributed by atoms with E-state index in [9.17, 15) is 0 Å². The number of rotatable bonds is 15. The summed E-state index contributed by atoms with van der Waals surface area (Å²) in [7, 11) is 0. The highest BCUT2D eigenvalue weighted by Gasteiger charge is 2.14. The molecule has 1 aromatic heterocycles. The van der Waals surface area contributed by atoms with Gasteiger partial charge in [0.15, 0.2) is 0 Å². The van der Waals surface area contributed by atoms with Crippen molar-refractivity contribution in [2.45, 2.75) is 32.1 Å². The van der Waals surface area contributed by atoms with Gasteiger partial charge in [-0.15, -0.1) is 0 Å². The number of ether oxygens (including phenoxy) is 3. The van der Waals surface area contributed by atoms with Crippen molar-refractivity contribution in [2.75, 3.05) is 63.3 Å². The molecule has 9 heteroatoms. The van der Waals surface area contributed by atoms with Crippen LogP contribution in [0.1, 0.15) is 32.1 Å². The number of anilines is 2. The first-order valence-electron chi connectivity index (χ1n) is 10.1. The van der Waals surface area contributed by atoms with Gasteiger partial charge in [0.1, 0.15) is 6.61 Å². The maximum absolute atomic E-state index is 5.49. The second-order valence-corrected chi connectivity index (χ2v) is 6.69. The van der Waals surface area contributed by atoms with Gasteiger partial charge < -0.3 is 30.6 Å². The number of nitrogens with two attached hydrogens (primary N) is 1. The number of nitrogens with zero attached hydrogens (tertiary/aromatic N) is 3. The molecule has 2 rings (SSSR count). The molecule has 0 aliphatic heterocycles. The monoisotopic (exact) mass is 394 g/mol. The maximum Gasteiger partial charge on any atom is 0.323 e. The van der Waals surface area contributed by atoms with Crippen LogP contribution in [0.2, 0.25) is 0 Å². The Kier molecular flexibility index (Phi) is 11.2. The lowest BCUT2D eigenvalue weighted by atomic mass is 9.89. The topological polar surface area (TPSA) is 116 Å². The highest BCUT2D eigenvalue weighted by Crippen LogP contribution is 2.23. The average molecular weight is 395 g/mol. The van der Waals surface area contributed by atoms with Crippen LogP contribution in [0.25, 0.3) is 0 Å². The lowest BCUT2D eigenvalue weighted by Crippen LogP contribution is -2.20. The predicted molar refractivity (Wildman–Crippen MR) is 110 cm³/mol. The van der Waals surface area contributed by atoms with E-state index in [4.69, 9.17) is 19.9 Å². The Hall–Kier alpha value is -1.97. The molecular formula is C19H34N6O3. The van der Waals surface area contributed by atoms with Crippen molar-refractivity contribution >= 4 is 11.9 Å². The number of nitrogens with one attached hydrogen (secondary N) is 2. The number of aromatic nitrogens is 3. The zero-order valence-corrected chi connectivity index (χ0v) is 16.7. The molecule has 0 saturated heterocycles. The Morgan fingerprint density at radius 2 is 1.68 bits per heavy atom. The third-order valence-electron chi connectivity index (χ3n) is 4.38. The molecule has 0 bridgehead atoms. The van der Waals surface area contributed by atoms with Gasteiger partial charge in [-0.05, 0) is 18.8 Å². The first-order chi connectivity index (χ1) is 13.8. The molecule has 0 amide bonds. The molecule has 28 heavy (non-hydrogen) atoms. The normalized spacial score (nSPS) is 14.6. The fourth-order valence-electron chi connectivity index (χ4n) is 2.98. The van der Waals surface area contributed by atoms with Crippen LogP contribution in [0.5, 0.6) is 6.01 Å². The summed E-state index contributed by atoms with van der Waals surface area (Å²) < 4.78 is 16.2. The summed E-state index contributed by atoms with van der Waals surface area (Å²) in [6.45, 7) is 8.10. The fourth-order valence-corrected chi connectivity index (χ4v) is 2.98. The molecule has 0 radical (unpaired) electrons. The van der Waals surface area contributed by atoms with Gasteiger partial charge in [-0.25, -0.2) is 0 Å². The maximum atomic E-state index is 5.49. The van der Waals surface area contributed by atoms with Crippen molar-refractivity contribution in [1.29, 1.82) is 0 Å². The first kappa shape index (κ1) is 22.3. The summed E-state index contributed by atoms with van der Waals surface area (Å²) in [4.78, 5) is 13.1. The Balaban J connectivity index is 1.79. The van der Waals surface area contributed by atoms with Crippen LogP contribution in [0, 0.1) is 5.92 Å². The molecule has 1 saturated carbocycles. The summed E-state index contributed by atoms with van der Waals surface area (Å²) in [5.41, 5.74) is 5.36. The molecule has 0 spiro atoms. The highest BCUT2D eigenvalue weighted by atomic mass is 16.5. The van der Waals surface area contributed by atoms with Crippen LogP contribution in [0.3, 0.4) is 0 Å². The molecule has 158 valence electrons. The van der Waals surface area contributed by atoms with Crippen molar-refractivity contribution < 1.29 is 14.2 Å². The molecule has 4 N–H and O–H groups in total. The summed E-state index contributed by atoms with van der Waals surface area (Å²) in [5.74, 6) is 1.66. The molecule has 1 heterocycles. The minimum atomic E-state index is 0.277. The van der Waals surface area contributed by atoms with E-state index in [0.29, 0.717) is 63.9 Å². The summed E-state index contributed by atoms with van der Waals surface area (Å²) in [6, 6.07) is 0.277. The van der Waals surface area contributed by atoms with Crippen molar-refractivity contribution in [3.05, 3.63) is 12.7 Å². The minimum Gasteiger partial charge on any atom is -0.459 e. The van der Waals surface area contributed by atoms with E-state index in [1.165, 1.54) is 32.1 Å². The van der Waals surface area contributed by atoms with Crippen LogP contribution in [0.15, 0.2) is 12.7 Å². The molecule has 0 atom stereocenters. The second kappa shape index (κ2) is 14.1. The van der Waals surface area contributed by atoms with E-state index in [1.54, 1.807) is 6.08 Å². The smallest absolute Gasteiger partial charge is 0.323 e. The lowest BCUT2D eigenvalue weighted by Gasteiger charge is -2.21. The molecule has 1 aromatic rings. The summed E-state index contributed by atoms with van der Waals surface area (Å²) in [5, 5.41) is 6.48. The third kappa shape index (κ3) is 9.29. The van der Waals surface area contributed by atoms with Crippen molar-refractivity contribution in [2.24, 2.45) is 11.7 Å². The zero-order chi connectivity index (χ0) is 19.9. The molecule has 9 nitrogen and oxygen atoms in total. The van der Waals surface area contributed by atoms with E-state index in [1.807, 2.05) is 0 Å². The second-order valence-electron chi connectivity index (χ2n) is 6.69. The van der Waals surface area contributed by atoms with Crippen LogP contribution in [0.4, 0.5) is 11.9 Å². The molecule has 1 aliphatic carbocycles. The standard InChI is InChI=1S/C19H34N6O3/c1-2-10-28-19-24-17(21-9-12-27-14-13-26-11-8-20)23-18(25-19)22-15-16-6-4-3-5-7-16/h2,16H,1,3-15,20H2,(H2,21,22,23,24,25). The van der Waals surface area contributed by atoms with Crippen LogP contribution < -0.4 is 21.1 Å². The fraction of sp³-hybridized carbons (Fsp3) is 0.737. The van der Waals surface area contributed by atoms with Crippen molar-refractivity contribution in [1.82, 2.24) is 15.0 Å². The Morgan fingerprint density at radius 3 is 2.39 bits per heavy atom. The van der Waals surface area contributed by atoms with Gasteiger partial charge in [-0.3, -0.25) is 0 Å². The number of hydrogen-bond donors (Lipinski definition) is 3. The Bertz CT molecular complexity index is 554. The lowest BCUT2D eigenvalue weighted by molar-refractivity contribution is 0.0547. The van der Waals surface area contributed by atoms with E-state index in [0.717, 1.165) is 6.54 Å². The largest absolute Gasteiger partial charge is 0.459 e. The van der Waals surface area contributed by atoms with Crippen LogP contribution >= 0.6 is 0 Å². The van der Waals surface area contributed by atoms with Gasteiger partial charge in [0, 0.05) is 19.6 Å². The van der Waals surface area contributed by atoms with Gasteiger partial charge in [-0.2, -0.15) is 15.0 Å². The minimum absolute atomic E-state index is 0.277. The highest BCUT2D eigenvalue weighted by molar-refractivity contribution is 5.36. The van der Waals surface area contributed by atoms with Crippen LogP contribution in [-0.2, 0) is 9.47 Å². The van der Waals surface area contributed by atoms with Gasteiger partial charge in [0.2, 0.25) is 11.9 Å². The molecule has 1 aliphatic rings. The van der Waals surface area contributed by atoms with Crippen molar-refractivity contribution in [3.63, 3.8) is 0 Å². The predicted octanol–water partition coefficient (Wildman–Crippen LogP) is 1.83. The van der Waals surface area contributed by atoms with Gasteiger partial charge in [-0.1, -0.05) is 31.9 Å². The Labute approximate surface area is 167 Å². The summed E-state index contributed by atoms with van der Waals surface area (Å²) in [6.07, 6.45) is 8.14. The van der Waals surface area contributed by atoms with Gasteiger partial charge >= 0.3 is 6.01 Å². The van der Waals surface area contributed by atoms with E-state index >= 15 is 0 Å². The molecule has 1 fully saturated rings. The Morgan fingerprint density at radius 1 is 0.964 bits per heavy atom. The third-order valence-corrected chi connectivity index (χ3v) is 4.38. The van der Waals surface area contributed by atoms with Crippen LogP contribution in [-0.4, -0.2) is 67.6 Å². The van der Waals surface area contributed by atoms with E-state index < -0.39 is 0 Å². The quantitative estimate of drug-likeness (QED) is 0.302. The molecule has 0 aromatic carbocycles. The molecule has 0 unspecified atom stereocenters. The SMILES string of the molecule is C=CCOc1nc(NCCOCCOCCN)nc(NCC2CCCCC2)n1. The zero-order valence-electron chi connectivity index (χ0n) is 16.7. The van der Waals surface area contributed by atoms with Crippen molar-refractivity contribution in [3.8, 4) is 6.01 Å². The van der Waals surface area contributed by atoms with Gasteiger partial charge in [0.25, 0.3) is 0 Å². The van der Waals surface area contributed by atoms with Gasteiger partial charge in [0.05, 0.1) is 26.4 Å². The van der Waals surface area contributed by atoms with E-state index in [2.05, 4.69) is 32.2 Å². The van der Waals surface area contributed by atoms with E-state index in [-0.39, 0.29) is 6.01 Å².